The average Bonchev–Trinajstić information content (AvgIpc) is 2.76. The number of aliphatic hydroxyl groups excluding tert-OH is 2. The zero-order chi connectivity index (χ0) is 58.3. The van der Waals surface area contributed by atoms with Gasteiger partial charge in [0.25, 0.3) is 0 Å². The van der Waals surface area contributed by atoms with Crippen LogP contribution in [0.4, 0.5) is 0 Å². The molecule has 8 N–H and O–H groups in total. The third-order valence-corrected chi connectivity index (χ3v) is 25.3. The molecule has 0 bridgehead atoms. The van der Waals surface area contributed by atoms with Crippen molar-refractivity contribution in [3.63, 3.8) is 0 Å². The Bertz CT molecular complexity index is 2700. The van der Waals surface area contributed by atoms with E-state index in [1.54, 1.807) is 39.8 Å². The van der Waals surface area contributed by atoms with E-state index in [-0.39, 0.29) is 82.8 Å². The lowest BCUT2D eigenvalue weighted by atomic mass is 9.51. The van der Waals surface area contributed by atoms with Gasteiger partial charge in [-0.25, -0.2) is 4.79 Å². The van der Waals surface area contributed by atoms with E-state index < -0.39 is 52.7 Å². The average molecular weight is 1180 g/mol. The number of rotatable bonds is 9. The van der Waals surface area contributed by atoms with Gasteiger partial charge in [-0.05, 0) is 181 Å². The van der Waals surface area contributed by atoms with Crippen LogP contribution >= 0.6 is 21.6 Å². The smallest absolute Gasteiger partial charge is 0.332 e. The van der Waals surface area contributed by atoms with Crippen LogP contribution in [0.25, 0.3) is 0 Å². The minimum atomic E-state index is -1.20. The molecular formula is C67H95N3O11S2. The molecule has 0 aromatic heterocycles. The Kier molecular flexibility index (Phi) is 18.5. The predicted octanol–water partition coefficient (Wildman–Crippen LogP) is 10.2. The van der Waals surface area contributed by atoms with E-state index in [1.165, 1.54) is 12.5 Å². The van der Waals surface area contributed by atoms with Crippen molar-refractivity contribution < 1.29 is 54.1 Å². The fraction of sp³-hybridized carbons (Fsp3) is 0.746. The maximum Gasteiger partial charge on any atom is 0.332 e. The summed E-state index contributed by atoms with van der Waals surface area (Å²) in [6.45, 7) is 10.4. The number of hydrogen-bond acceptors (Lipinski definition) is 15. The first-order valence-electron chi connectivity index (χ1n) is 32.0. The van der Waals surface area contributed by atoms with Gasteiger partial charge >= 0.3 is 11.9 Å². The molecule has 14 nitrogen and oxygen atoms in total. The fourth-order valence-corrected chi connectivity index (χ4v) is 21.2. The summed E-state index contributed by atoms with van der Waals surface area (Å²) in [6, 6.07) is 11.2. The first-order chi connectivity index (χ1) is 39.8. The number of ether oxygens (including phenoxy) is 3. The standard InChI is InChI=1S/C67H95N3O11S2/c1-41(72)80-56-33-57(81-62(77)67-26-6-5-12-46(67)15-22-58(76)70-67)66(28-30-68-31-29-66)60-43(32-51-52(65(39-71)24-7-8-25-65)37-79-61-55(75)21-19-50(60)59(51)61)10-9-11-44-35-64(4,78)40-83-82-38-53(54(74)20-18-49(44)56)69-36-45-34-63(2,3)27-23-48(45)42-13-16-47(73)17-14-42/h13-14,16-17,19,21,43-46,48-49,51-54,56-57,60,68-69,71,73-75,78H,5-8,11-12,15,18,20,22-40H2,1-4H3,(H,70,76). The van der Waals surface area contributed by atoms with Gasteiger partial charge in [-0.2, -0.15) is 0 Å². The van der Waals surface area contributed by atoms with Crippen molar-refractivity contribution in [1.29, 1.82) is 0 Å². The Labute approximate surface area is 501 Å². The number of fused-ring (bicyclic) bond motifs is 5. The van der Waals surface area contributed by atoms with E-state index in [2.05, 4.69) is 47.7 Å². The summed E-state index contributed by atoms with van der Waals surface area (Å²) in [6.07, 6.45) is 12.1. The van der Waals surface area contributed by atoms with Crippen LogP contribution in [0.1, 0.15) is 197 Å². The zero-order valence-electron chi connectivity index (χ0n) is 49.8. The van der Waals surface area contributed by atoms with Crippen LogP contribution in [0.2, 0.25) is 0 Å². The van der Waals surface area contributed by atoms with Crippen LogP contribution in [0.3, 0.4) is 0 Å². The summed E-state index contributed by atoms with van der Waals surface area (Å²) in [5.41, 5.74) is -0.129. The molecule has 5 aliphatic carbocycles. The number of aliphatic hydroxyl groups is 3. The van der Waals surface area contributed by atoms with E-state index in [4.69, 9.17) is 14.2 Å². The second-order valence-corrected chi connectivity index (χ2v) is 31.0. The molecular weight excluding hydrogens is 1090 g/mol. The van der Waals surface area contributed by atoms with Crippen molar-refractivity contribution >= 4 is 39.4 Å². The largest absolute Gasteiger partial charge is 0.508 e. The Morgan fingerprint density at radius 2 is 1.64 bits per heavy atom. The molecule has 6 fully saturated rings. The molecule has 4 heterocycles. The van der Waals surface area contributed by atoms with Gasteiger partial charge in [0.15, 0.2) is 11.5 Å². The molecule has 2 aromatic rings. The van der Waals surface area contributed by atoms with Crippen molar-refractivity contribution in [3.8, 4) is 29.1 Å². The van der Waals surface area contributed by atoms with Crippen molar-refractivity contribution in [1.82, 2.24) is 16.0 Å². The first-order valence-corrected chi connectivity index (χ1v) is 34.5. The van der Waals surface area contributed by atoms with Gasteiger partial charge in [-0.1, -0.05) is 85.2 Å². The number of amides is 1. The third kappa shape index (κ3) is 12.6. The van der Waals surface area contributed by atoms with Gasteiger partial charge in [-0.3, -0.25) is 9.59 Å². The topological polar surface area (TPSA) is 216 Å². The minimum Gasteiger partial charge on any atom is -0.508 e. The third-order valence-electron chi connectivity index (χ3n) is 22.6. The number of benzene rings is 2. The van der Waals surface area contributed by atoms with E-state index in [0.29, 0.717) is 120 Å². The molecule has 16 heteroatoms. The van der Waals surface area contributed by atoms with Gasteiger partial charge < -0.3 is 55.7 Å². The summed E-state index contributed by atoms with van der Waals surface area (Å²) in [5.74, 6) is 7.69. The summed E-state index contributed by atoms with van der Waals surface area (Å²) in [5, 5.41) is 69.4. The van der Waals surface area contributed by atoms with Crippen LogP contribution in [-0.2, 0) is 23.9 Å². The highest BCUT2D eigenvalue weighted by molar-refractivity contribution is 8.76. The Balaban J connectivity index is 1.01. The van der Waals surface area contributed by atoms with Crippen LogP contribution < -0.4 is 20.7 Å². The molecule has 1 spiro atoms. The molecule has 0 radical (unpaired) electrons. The first kappa shape index (κ1) is 61.0. The highest BCUT2D eigenvalue weighted by Gasteiger charge is 2.61. The summed E-state index contributed by atoms with van der Waals surface area (Å²) in [7, 11) is 3.29. The molecule has 2 aromatic carbocycles. The fourth-order valence-electron chi connectivity index (χ4n) is 18.4. The lowest BCUT2D eigenvalue weighted by molar-refractivity contribution is -0.183. The summed E-state index contributed by atoms with van der Waals surface area (Å²) < 4.78 is 20.9. The number of carbonyl (C=O) groups is 3. The summed E-state index contributed by atoms with van der Waals surface area (Å²) in [4.78, 5) is 43.4. The van der Waals surface area contributed by atoms with E-state index >= 15 is 4.79 Å². The molecule has 15 unspecified atom stereocenters. The molecule has 83 heavy (non-hydrogen) atoms. The number of aromatic hydroxyl groups is 2. The van der Waals surface area contributed by atoms with Crippen LogP contribution in [0.15, 0.2) is 36.4 Å². The number of phenolic OH excluding ortho intramolecular Hbond substituents is 2. The lowest BCUT2D eigenvalue weighted by Gasteiger charge is -2.56. The van der Waals surface area contributed by atoms with Gasteiger partial charge in [0.2, 0.25) is 5.91 Å². The van der Waals surface area contributed by atoms with Crippen molar-refractivity contribution in [3.05, 3.63) is 53.1 Å². The zero-order valence-corrected chi connectivity index (χ0v) is 51.4. The molecule has 9 aliphatic rings. The van der Waals surface area contributed by atoms with Crippen molar-refractivity contribution in [2.24, 2.45) is 51.8 Å². The quantitative estimate of drug-likeness (QED) is 0.0666. The van der Waals surface area contributed by atoms with Gasteiger partial charge in [0.1, 0.15) is 23.5 Å². The Hall–Kier alpha value is -3.69. The number of nitrogens with one attached hydrogen (secondary N) is 3. The van der Waals surface area contributed by atoms with Gasteiger partial charge in [0.05, 0.1) is 18.3 Å². The van der Waals surface area contributed by atoms with Crippen LogP contribution in [0.5, 0.6) is 17.2 Å². The maximum atomic E-state index is 15.9. The number of esters is 2. The Morgan fingerprint density at radius 3 is 2.40 bits per heavy atom. The summed E-state index contributed by atoms with van der Waals surface area (Å²) >= 11 is 0. The SMILES string of the molecule is CC(=O)OC1CC(OC(=O)C23CCCCC2CCC(=O)N3)C2(CCNCC2)C2c3ccc(O)c4c3C(CC2C#CCC2CC(C)(O)CSSCC(NCC3CC(C)(C)CCC3c3ccc(O)cc3)C(O)CCC21)C(C1(CO)CCCC1)CO4. The molecule has 15 atom stereocenters. The Morgan fingerprint density at radius 1 is 0.867 bits per heavy atom. The van der Waals surface area contributed by atoms with Crippen LogP contribution in [0, 0.1) is 63.6 Å². The van der Waals surface area contributed by atoms with E-state index in [9.17, 15) is 35.1 Å². The number of hydrogen-bond donors (Lipinski definition) is 8. The molecule has 456 valence electrons. The van der Waals surface area contributed by atoms with Crippen LogP contribution in [-0.4, -0.2) is 123 Å². The molecule has 4 aliphatic heterocycles. The lowest BCUT2D eigenvalue weighted by Crippen LogP contribution is -2.65. The molecule has 1 amide bonds. The molecule has 3 saturated heterocycles. The van der Waals surface area contributed by atoms with Gasteiger partial charge in [0, 0.05) is 90.4 Å². The molecule has 11 rings (SSSR count). The number of carbonyl (C=O) groups excluding carboxylic acids is 3. The normalized spacial score (nSPS) is 37.7. The maximum absolute atomic E-state index is 15.9. The van der Waals surface area contributed by atoms with E-state index in [1.807, 2.05) is 19.1 Å². The van der Waals surface area contributed by atoms with E-state index in [0.717, 1.165) is 75.3 Å². The van der Waals surface area contributed by atoms with Crippen molar-refractivity contribution in [2.45, 2.75) is 216 Å². The highest BCUT2D eigenvalue weighted by Crippen LogP contribution is 2.65. The van der Waals surface area contributed by atoms with Gasteiger partial charge in [-0.15, -0.1) is 5.92 Å². The number of phenols is 2. The minimum absolute atomic E-state index is 0.0201. The number of piperidine rings is 2. The second-order valence-electron chi connectivity index (χ2n) is 28.5. The van der Waals surface area contributed by atoms with Crippen molar-refractivity contribution in [2.75, 3.05) is 44.4 Å². The second kappa shape index (κ2) is 25.2. The predicted molar refractivity (Wildman–Crippen MR) is 324 cm³/mol. The monoisotopic (exact) mass is 1180 g/mol. The molecule has 3 saturated carbocycles. The highest BCUT2D eigenvalue weighted by atomic mass is 33.1.